The third-order valence-corrected chi connectivity index (χ3v) is 4.20. The average molecular weight is 313 g/mol. The first-order valence-corrected chi connectivity index (χ1v) is 7.20. The second-order valence-electron chi connectivity index (χ2n) is 5.66. The third kappa shape index (κ3) is 3.44. The molecule has 1 saturated carbocycles. The van der Waals surface area contributed by atoms with Gasteiger partial charge in [-0.1, -0.05) is 30.9 Å². The minimum atomic E-state index is -1.23. The number of nitro benzene ring substituents is 1. The molecule has 0 saturated heterocycles. The minimum Gasteiger partial charge on any atom is -0.478 e. The molecule has 0 spiro atoms. The maximum absolute atomic E-state index is 11.4. The summed E-state index contributed by atoms with van der Waals surface area (Å²) in [5, 5.41) is 23.4. The van der Waals surface area contributed by atoms with Gasteiger partial charge in [0.25, 0.3) is 5.69 Å². The van der Waals surface area contributed by atoms with Crippen molar-refractivity contribution in [1.82, 2.24) is 0 Å². The van der Waals surface area contributed by atoms with Crippen LogP contribution in [-0.2, 0) is 0 Å². The molecule has 0 amide bonds. The summed E-state index contributed by atoms with van der Waals surface area (Å²) in [6.07, 6.45) is 5.13. The van der Waals surface area contributed by atoms with Crippen molar-refractivity contribution in [3.63, 3.8) is 0 Å². The maximum Gasteiger partial charge on any atom is 0.338 e. The Kier molecular flexibility index (Phi) is 4.37. The SMILES string of the molecule is CC1(Nc2c(Cl)cc([N+](=O)[O-])cc2C(=O)O)CCCCC1. The van der Waals surface area contributed by atoms with E-state index in [2.05, 4.69) is 5.32 Å². The van der Waals surface area contributed by atoms with Crippen LogP contribution in [-0.4, -0.2) is 21.5 Å². The van der Waals surface area contributed by atoms with Crippen LogP contribution in [0.4, 0.5) is 11.4 Å². The van der Waals surface area contributed by atoms with Crippen molar-refractivity contribution in [3.8, 4) is 0 Å². The van der Waals surface area contributed by atoms with E-state index in [0.717, 1.165) is 38.2 Å². The van der Waals surface area contributed by atoms with Crippen molar-refractivity contribution in [2.24, 2.45) is 0 Å². The summed E-state index contributed by atoms with van der Waals surface area (Å²) in [5.74, 6) is -1.23. The van der Waals surface area contributed by atoms with Gasteiger partial charge in [0.2, 0.25) is 0 Å². The lowest BCUT2D eigenvalue weighted by Gasteiger charge is -2.36. The molecule has 7 heteroatoms. The first-order chi connectivity index (χ1) is 9.82. The van der Waals surface area contributed by atoms with Gasteiger partial charge in [-0.05, 0) is 19.8 Å². The monoisotopic (exact) mass is 312 g/mol. The Hall–Kier alpha value is -1.82. The van der Waals surface area contributed by atoms with Gasteiger partial charge in [0.1, 0.15) is 0 Å². The number of hydrogen-bond donors (Lipinski definition) is 2. The highest BCUT2D eigenvalue weighted by molar-refractivity contribution is 6.34. The van der Waals surface area contributed by atoms with Crippen molar-refractivity contribution in [2.75, 3.05) is 5.32 Å². The molecule has 6 nitrogen and oxygen atoms in total. The zero-order valence-electron chi connectivity index (χ0n) is 11.7. The predicted octanol–water partition coefficient (Wildman–Crippen LogP) is 4.08. The Bertz CT molecular complexity index is 583. The van der Waals surface area contributed by atoms with Crippen molar-refractivity contribution in [3.05, 3.63) is 32.8 Å². The molecule has 0 atom stereocenters. The van der Waals surface area contributed by atoms with Gasteiger partial charge in [-0.25, -0.2) is 4.79 Å². The normalized spacial score (nSPS) is 17.2. The highest BCUT2D eigenvalue weighted by Gasteiger charge is 2.30. The Morgan fingerprint density at radius 2 is 2.00 bits per heavy atom. The van der Waals surface area contributed by atoms with Crippen LogP contribution in [0.1, 0.15) is 49.4 Å². The first kappa shape index (κ1) is 15.6. The molecular weight excluding hydrogens is 296 g/mol. The summed E-state index contributed by atoms with van der Waals surface area (Å²) < 4.78 is 0. The lowest BCUT2D eigenvalue weighted by atomic mass is 9.83. The van der Waals surface area contributed by atoms with Gasteiger partial charge in [0.05, 0.1) is 21.2 Å². The Morgan fingerprint density at radius 3 is 2.52 bits per heavy atom. The number of halogens is 1. The molecule has 1 aromatic rings. The number of carboxylic acids is 1. The smallest absolute Gasteiger partial charge is 0.338 e. The summed E-state index contributed by atoms with van der Waals surface area (Å²) in [4.78, 5) is 21.6. The second-order valence-corrected chi connectivity index (χ2v) is 6.07. The van der Waals surface area contributed by atoms with Gasteiger partial charge >= 0.3 is 5.97 Å². The molecule has 1 fully saturated rings. The number of rotatable bonds is 4. The predicted molar refractivity (Wildman–Crippen MR) is 80.2 cm³/mol. The number of anilines is 1. The van der Waals surface area contributed by atoms with Gasteiger partial charge in [-0.2, -0.15) is 0 Å². The summed E-state index contributed by atoms with van der Waals surface area (Å²) >= 11 is 6.07. The molecule has 2 rings (SSSR count). The maximum atomic E-state index is 11.4. The number of carbonyl (C=O) groups is 1. The van der Waals surface area contributed by atoms with Crippen LogP contribution in [0.2, 0.25) is 5.02 Å². The first-order valence-electron chi connectivity index (χ1n) is 6.82. The fraction of sp³-hybridized carbons (Fsp3) is 0.500. The third-order valence-electron chi connectivity index (χ3n) is 3.90. The van der Waals surface area contributed by atoms with Gasteiger partial charge < -0.3 is 10.4 Å². The summed E-state index contributed by atoms with van der Waals surface area (Å²) in [5.41, 5.74) is -0.459. The van der Waals surface area contributed by atoms with E-state index in [4.69, 9.17) is 11.6 Å². The van der Waals surface area contributed by atoms with Crippen molar-refractivity contribution in [1.29, 1.82) is 0 Å². The van der Waals surface area contributed by atoms with Crippen LogP contribution in [0.3, 0.4) is 0 Å². The molecule has 114 valence electrons. The molecule has 0 aliphatic heterocycles. The molecule has 0 radical (unpaired) electrons. The standard InChI is InChI=1S/C14H17ClN2O4/c1-14(5-3-2-4-6-14)16-12-10(13(18)19)7-9(17(20)21)8-11(12)15/h7-8,16H,2-6H2,1H3,(H,18,19). The Labute approximate surface area is 127 Å². The van der Waals surface area contributed by atoms with Crippen LogP contribution in [0.25, 0.3) is 0 Å². The molecule has 1 aliphatic rings. The van der Waals surface area contributed by atoms with Crippen molar-refractivity contribution < 1.29 is 14.8 Å². The zero-order valence-corrected chi connectivity index (χ0v) is 12.4. The molecule has 1 aliphatic carbocycles. The Balaban J connectivity index is 2.42. The largest absolute Gasteiger partial charge is 0.478 e. The second kappa shape index (κ2) is 5.89. The number of carboxylic acid groups (broad SMARTS) is 1. The zero-order chi connectivity index (χ0) is 15.6. The highest BCUT2D eigenvalue weighted by atomic mass is 35.5. The number of hydrogen-bond acceptors (Lipinski definition) is 4. The van der Waals surface area contributed by atoms with E-state index in [1.54, 1.807) is 0 Å². The van der Waals surface area contributed by atoms with E-state index < -0.39 is 10.9 Å². The number of benzene rings is 1. The fourth-order valence-corrected chi connectivity index (χ4v) is 3.01. The number of aromatic carboxylic acids is 1. The quantitative estimate of drug-likeness (QED) is 0.645. The molecule has 1 aromatic carbocycles. The summed E-state index contributed by atoms with van der Waals surface area (Å²) in [6, 6.07) is 2.23. The van der Waals surface area contributed by atoms with Gasteiger partial charge in [-0.3, -0.25) is 10.1 Å². The van der Waals surface area contributed by atoms with E-state index in [0.29, 0.717) is 0 Å². The molecule has 2 N–H and O–H groups in total. The van der Waals surface area contributed by atoms with Crippen LogP contribution >= 0.6 is 11.6 Å². The fourth-order valence-electron chi connectivity index (χ4n) is 2.75. The van der Waals surface area contributed by atoms with Crippen LogP contribution in [0.15, 0.2) is 12.1 Å². The lowest BCUT2D eigenvalue weighted by Crippen LogP contribution is -2.37. The van der Waals surface area contributed by atoms with Crippen molar-refractivity contribution in [2.45, 2.75) is 44.6 Å². The molecule has 0 aromatic heterocycles. The van der Waals surface area contributed by atoms with E-state index in [9.17, 15) is 20.0 Å². The van der Waals surface area contributed by atoms with E-state index in [-0.39, 0.29) is 27.5 Å². The van der Waals surface area contributed by atoms with E-state index in [1.165, 1.54) is 6.07 Å². The van der Waals surface area contributed by atoms with Crippen molar-refractivity contribution >= 4 is 28.9 Å². The highest BCUT2D eigenvalue weighted by Crippen LogP contribution is 2.37. The minimum absolute atomic E-state index is 0.0633. The lowest BCUT2D eigenvalue weighted by molar-refractivity contribution is -0.384. The van der Waals surface area contributed by atoms with Crippen LogP contribution < -0.4 is 5.32 Å². The number of nitro groups is 1. The molecular formula is C14H17ClN2O4. The number of nitrogens with zero attached hydrogens (tertiary/aromatic N) is 1. The van der Waals surface area contributed by atoms with E-state index >= 15 is 0 Å². The molecule has 0 heterocycles. The van der Waals surface area contributed by atoms with E-state index in [1.807, 2.05) is 6.92 Å². The van der Waals surface area contributed by atoms with Gasteiger partial charge in [-0.15, -0.1) is 0 Å². The molecule has 21 heavy (non-hydrogen) atoms. The van der Waals surface area contributed by atoms with Crippen LogP contribution in [0, 0.1) is 10.1 Å². The Morgan fingerprint density at radius 1 is 1.38 bits per heavy atom. The van der Waals surface area contributed by atoms with Crippen LogP contribution in [0.5, 0.6) is 0 Å². The van der Waals surface area contributed by atoms with Gasteiger partial charge in [0, 0.05) is 17.7 Å². The van der Waals surface area contributed by atoms with Gasteiger partial charge in [0.15, 0.2) is 0 Å². The summed E-state index contributed by atoms with van der Waals surface area (Å²) in [7, 11) is 0. The average Bonchev–Trinajstić information content (AvgIpc) is 2.40. The summed E-state index contributed by atoms with van der Waals surface area (Å²) in [6.45, 7) is 2.02. The molecule has 0 unspecified atom stereocenters. The number of non-ortho nitro benzene ring substituents is 1. The number of nitrogens with one attached hydrogen (secondary N) is 1. The topological polar surface area (TPSA) is 92.5 Å². The molecule has 0 bridgehead atoms.